The molecule has 0 fully saturated rings. The second kappa shape index (κ2) is 5.80. The third-order valence-corrected chi connectivity index (χ3v) is 2.95. The number of hydrogen-bond acceptors (Lipinski definition) is 4. The standard InChI is InChI=1S/C15H19N3O/c1-4-19-13-6-12(8-17-9-13)14(16)15-11(3)5-10(2)7-18-15/h5-9,14H,4,16H2,1-3H3. The van der Waals surface area contributed by atoms with Crippen LogP contribution in [0.2, 0.25) is 0 Å². The molecule has 0 aliphatic heterocycles. The van der Waals surface area contributed by atoms with Gasteiger partial charge in [0.15, 0.2) is 0 Å². The summed E-state index contributed by atoms with van der Waals surface area (Å²) in [5, 5.41) is 0. The van der Waals surface area contributed by atoms with Gasteiger partial charge >= 0.3 is 0 Å². The van der Waals surface area contributed by atoms with E-state index >= 15 is 0 Å². The normalized spacial score (nSPS) is 12.2. The van der Waals surface area contributed by atoms with E-state index in [2.05, 4.69) is 16.0 Å². The summed E-state index contributed by atoms with van der Waals surface area (Å²) in [5.74, 6) is 0.736. The Morgan fingerprint density at radius 2 is 2.00 bits per heavy atom. The number of nitrogens with two attached hydrogens (primary N) is 1. The molecule has 2 aromatic heterocycles. The molecular formula is C15H19N3O. The highest BCUT2D eigenvalue weighted by atomic mass is 16.5. The summed E-state index contributed by atoms with van der Waals surface area (Å²) >= 11 is 0. The first-order chi connectivity index (χ1) is 9.11. The van der Waals surface area contributed by atoms with Gasteiger partial charge in [0.25, 0.3) is 0 Å². The first-order valence-corrected chi connectivity index (χ1v) is 6.38. The summed E-state index contributed by atoms with van der Waals surface area (Å²) in [5.41, 5.74) is 10.3. The highest BCUT2D eigenvalue weighted by molar-refractivity contribution is 5.35. The molecule has 100 valence electrons. The molecule has 2 rings (SSSR count). The average molecular weight is 257 g/mol. The van der Waals surface area contributed by atoms with Gasteiger partial charge in [0.05, 0.1) is 24.5 Å². The minimum Gasteiger partial charge on any atom is -0.492 e. The smallest absolute Gasteiger partial charge is 0.137 e. The van der Waals surface area contributed by atoms with E-state index in [1.54, 1.807) is 12.4 Å². The van der Waals surface area contributed by atoms with Crippen molar-refractivity contribution in [3.63, 3.8) is 0 Å². The van der Waals surface area contributed by atoms with E-state index in [9.17, 15) is 0 Å². The molecule has 0 saturated carbocycles. The van der Waals surface area contributed by atoms with E-state index in [4.69, 9.17) is 10.5 Å². The molecule has 0 amide bonds. The number of nitrogens with zero attached hydrogens (tertiary/aromatic N) is 2. The summed E-state index contributed by atoms with van der Waals surface area (Å²) in [6.45, 7) is 6.60. The van der Waals surface area contributed by atoms with Crippen molar-refractivity contribution in [2.24, 2.45) is 5.73 Å². The molecule has 0 aromatic carbocycles. The Hall–Kier alpha value is -1.94. The van der Waals surface area contributed by atoms with Crippen LogP contribution in [-0.4, -0.2) is 16.6 Å². The second-order valence-electron chi connectivity index (χ2n) is 4.58. The number of hydrogen-bond donors (Lipinski definition) is 1. The molecule has 0 saturated heterocycles. The largest absolute Gasteiger partial charge is 0.492 e. The topological polar surface area (TPSA) is 61.0 Å². The number of pyridine rings is 2. The van der Waals surface area contributed by atoms with Crippen molar-refractivity contribution in [3.8, 4) is 5.75 Å². The number of aromatic nitrogens is 2. The Balaban J connectivity index is 2.32. The lowest BCUT2D eigenvalue weighted by Crippen LogP contribution is -2.15. The zero-order valence-corrected chi connectivity index (χ0v) is 11.6. The lowest BCUT2D eigenvalue weighted by molar-refractivity contribution is 0.338. The predicted molar refractivity (Wildman–Crippen MR) is 75.1 cm³/mol. The van der Waals surface area contributed by atoms with Crippen LogP contribution in [0.15, 0.2) is 30.7 Å². The van der Waals surface area contributed by atoms with Crippen LogP contribution >= 0.6 is 0 Å². The van der Waals surface area contributed by atoms with E-state index in [-0.39, 0.29) is 6.04 Å². The zero-order chi connectivity index (χ0) is 13.8. The van der Waals surface area contributed by atoms with Crippen LogP contribution in [0.25, 0.3) is 0 Å². The maximum Gasteiger partial charge on any atom is 0.137 e. The average Bonchev–Trinajstić information content (AvgIpc) is 2.39. The van der Waals surface area contributed by atoms with Crippen molar-refractivity contribution in [1.29, 1.82) is 0 Å². The van der Waals surface area contributed by atoms with Crippen LogP contribution < -0.4 is 10.5 Å². The van der Waals surface area contributed by atoms with Gasteiger partial charge in [-0.25, -0.2) is 0 Å². The number of aryl methyl sites for hydroxylation is 2. The SMILES string of the molecule is CCOc1cncc(C(N)c2ncc(C)cc2C)c1. The van der Waals surface area contributed by atoms with Crippen LogP contribution in [0.5, 0.6) is 5.75 Å². The molecule has 0 bridgehead atoms. The van der Waals surface area contributed by atoms with Crippen LogP contribution in [-0.2, 0) is 0 Å². The van der Waals surface area contributed by atoms with E-state index in [0.29, 0.717) is 6.61 Å². The monoisotopic (exact) mass is 257 g/mol. The fourth-order valence-corrected chi connectivity index (χ4v) is 2.06. The summed E-state index contributed by atoms with van der Waals surface area (Å²) in [6, 6.07) is 3.72. The Morgan fingerprint density at radius 1 is 1.21 bits per heavy atom. The third-order valence-electron chi connectivity index (χ3n) is 2.95. The molecule has 2 heterocycles. The summed E-state index contributed by atoms with van der Waals surface area (Å²) < 4.78 is 5.44. The zero-order valence-electron chi connectivity index (χ0n) is 11.6. The van der Waals surface area contributed by atoms with Crippen LogP contribution in [0, 0.1) is 13.8 Å². The van der Waals surface area contributed by atoms with Gasteiger partial charge in [0, 0.05) is 12.4 Å². The first-order valence-electron chi connectivity index (χ1n) is 6.38. The van der Waals surface area contributed by atoms with Gasteiger partial charge in [-0.2, -0.15) is 0 Å². The third kappa shape index (κ3) is 3.09. The van der Waals surface area contributed by atoms with Crippen molar-refractivity contribution < 1.29 is 4.74 Å². The predicted octanol–water partition coefficient (Wildman–Crippen LogP) is 2.54. The second-order valence-corrected chi connectivity index (χ2v) is 4.58. The van der Waals surface area contributed by atoms with E-state index in [0.717, 1.165) is 28.1 Å². The molecule has 2 aromatic rings. The summed E-state index contributed by atoms with van der Waals surface area (Å²) in [7, 11) is 0. The Kier molecular flexibility index (Phi) is 4.12. The lowest BCUT2D eigenvalue weighted by atomic mass is 10.0. The highest BCUT2D eigenvalue weighted by Crippen LogP contribution is 2.23. The number of ether oxygens (including phenoxy) is 1. The van der Waals surface area contributed by atoms with Crippen molar-refractivity contribution in [3.05, 3.63) is 53.1 Å². The number of rotatable bonds is 4. The maximum absolute atomic E-state index is 6.27. The molecule has 4 heteroatoms. The molecule has 1 unspecified atom stereocenters. The van der Waals surface area contributed by atoms with Crippen molar-refractivity contribution in [2.45, 2.75) is 26.8 Å². The molecule has 0 spiro atoms. The minimum atomic E-state index is -0.284. The first kappa shape index (κ1) is 13.5. The molecule has 0 aliphatic carbocycles. The van der Waals surface area contributed by atoms with Crippen molar-refractivity contribution in [1.82, 2.24) is 9.97 Å². The van der Waals surface area contributed by atoms with Gasteiger partial charge in [-0.05, 0) is 43.5 Å². The van der Waals surface area contributed by atoms with Gasteiger partial charge in [0.1, 0.15) is 5.75 Å². The van der Waals surface area contributed by atoms with E-state index in [1.165, 1.54) is 0 Å². The van der Waals surface area contributed by atoms with Gasteiger partial charge in [-0.1, -0.05) is 6.07 Å². The Labute approximate surface area is 113 Å². The lowest BCUT2D eigenvalue weighted by Gasteiger charge is -2.15. The molecular weight excluding hydrogens is 238 g/mol. The highest BCUT2D eigenvalue weighted by Gasteiger charge is 2.14. The Morgan fingerprint density at radius 3 is 2.68 bits per heavy atom. The van der Waals surface area contributed by atoms with E-state index in [1.807, 2.05) is 33.0 Å². The Bertz CT molecular complexity index is 569. The molecule has 19 heavy (non-hydrogen) atoms. The fourth-order valence-electron chi connectivity index (χ4n) is 2.06. The molecule has 1 atom stereocenters. The van der Waals surface area contributed by atoms with Crippen molar-refractivity contribution >= 4 is 0 Å². The van der Waals surface area contributed by atoms with E-state index < -0.39 is 0 Å². The molecule has 0 aliphatic rings. The fraction of sp³-hybridized carbons (Fsp3) is 0.333. The van der Waals surface area contributed by atoms with Crippen LogP contribution in [0.1, 0.15) is 35.3 Å². The molecule has 2 N–H and O–H groups in total. The summed E-state index contributed by atoms with van der Waals surface area (Å²) in [6.07, 6.45) is 5.28. The quantitative estimate of drug-likeness (QED) is 0.914. The van der Waals surface area contributed by atoms with Gasteiger partial charge in [-0.15, -0.1) is 0 Å². The van der Waals surface area contributed by atoms with Gasteiger partial charge in [0.2, 0.25) is 0 Å². The van der Waals surface area contributed by atoms with Crippen molar-refractivity contribution in [2.75, 3.05) is 6.61 Å². The van der Waals surface area contributed by atoms with Gasteiger partial charge in [-0.3, -0.25) is 9.97 Å². The van der Waals surface area contributed by atoms with Crippen LogP contribution in [0.4, 0.5) is 0 Å². The van der Waals surface area contributed by atoms with Crippen LogP contribution in [0.3, 0.4) is 0 Å². The molecule has 0 radical (unpaired) electrons. The molecule has 4 nitrogen and oxygen atoms in total. The van der Waals surface area contributed by atoms with Gasteiger partial charge < -0.3 is 10.5 Å². The maximum atomic E-state index is 6.27. The minimum absolute atomic E-state index is 0.284. The summed E-state index contributed by atoms with van der Waals surface area (Å²) in [4.78, 5) is 8.60.